The van der Waals surface area contributed by atoms with Gasteiger partial charge in [-0.15, -0.1) is 0 Å². The molecule has 0 radical (unpaired) electrons. The van der Waals surface area contributed by atoms with Gasteiger partial charge in [0, 0.05) is 0 Å². The first-order chi connectivity index (χ1) is 12.4. The molecule has 2 unspecified atom stereocenters. The molecule has 0 aliphatic carbocycles. The van der Waals surface area contributed by atoms with Gasteiger partial charge in [0.1, 0.15) is 0 Å². The maximum Gasteiger partial charge on any atom is 0.335 e. The fourth-order valence-electron chi connectivity index (χ4n) is 3.18. The molecule has 1 N–H and O–H groups in total. The summed E-state index contributed by atoms with van der Waals surface area (Å²) >= 11 is 0. The number of carboxylic acid groups (broad SMARTS) is 1. The predicted octanol–water partition coefficient (Wildman–Crippen LogP) is 6.80. The van der Waals surface area contributed by atoms with Gasteiger partial charge in [0.15, 0.2) is 0 Å². The van der Waals surface area contributed by atoms with Crippen LogP contribution in [0.1, 0.15) is 84.5 Å². The largest absolute Gasteiger partial charge is 0.478 e. The number of carboxylic acids is 1. The van der Waals surface area contributed by atoms with Crippen LogP contribution in [-0.2, 0) is 0 Å². The van der Waals surface area contributed by atoms with Crippen molar-refractivity contribution < 1.29 is 9.90 Å². The SMILES string of the molecule is CCC(C)c1ccc(C=CCCC(C)c2cc(C)ccc2C(=O)O)cc1. The van der Waals surface area contributed by atoms with Crippen LogP contribution in [0, 0.1) is 6.92 Å². The van der Waals surface area contributed by atoms with Crippen molar-refractivity contribution in [1.29, 1.82) is 0 Å². The van der Waals surface area contributed by atoms with E-state index >= 15 is 0 Å². The van der Waals surface area contributed by atoms with Gasteiger partial charge in [-0.1, -0.05) is 74.9 Å². The Balaban J connectivity index is 1.96. The Bertz CT molecular complexity index is 756. The number of allylic oxidation sites excluding steroid dienone is 1. The lowest BCUT2D eigenvalue weighted by atomic mass is 9.90. The summed E-state index contributed by atoms with van der Waals surface area (Å²) in [5, 5.41) is 9.39. The van der Waals surface area contributed by atoms with Gasteiger partial charge in [-0.2, -0.15) is 0 Å². The van der Waals surface area contributed by atoms with E-state index in [0.29, 0.717) is 11.5 Å². The number of carbonyl (C=O) groups is 1. The third-order valence-corrected chi connectivity index (χ3v) is 5.16. The number of hydrogen-bond donors (Lipinski definition) is 1. The molecule has 2 nitrogen and oxygen atoms in total. The molecule has 0 fully saturated rings. The summed E-state index contributed by atoms with van der Waals surface area (Å²) in [5.74, 6) is -0.0196. The average Bonchev–Trinajstić information content (AvgIpc) is 2.64. The first kappa shape index (κ1) is 20.0. The van der Waals surface area contributed by atoms with Gasteiger partial charge in [-0.05, 0) is 60.8 Å². The van der Waals surface area contributed by atoms with Gasteiger partial charge in [-0.25, -0.2) is 4.79 Å². The molecule has 2 rings (SSSR count). The van der Waals surface area contributed by atoms with Crippen LogP contribution in [0.15, 0.2) is 48.5 Å². The fraction of sp³-hybridized carbons (Fsp3) is 0.375. The topological polar surface area (TPSA) is 37.3 Å². The average molecular weight is 351 g/mol. The lowest BCUT2D eigenvalue weighted by Gasteiger charge is -2.14. The van der Waals surface area contributed by atoms with E-state index in [1.807, 2.05) is 19.1 Å². The second-order valence-corrected chi connectivity index (χ2v) is 7.25. The van der Waals surface area contributed by atoms with Crippen molar-refractivity contribution in [3.8, 4) is 0 Å². The molecule has 2 aromatic carbocycles. The lowest BCUT2D eigenvalue weighted by molar-refractivity contribution is 0.0695. The second kappa shape index (κ2) is 9.38. The maximum atomic E-state index is 11.4. The minimum absolute atomic E-state index is 0.221. The quantitative estimate of drug-likeness (QED) is 0.568. The van der Waals surface area contributed by atoms with Crippen molar-refractivity contribution in [3.05, 3.63) is 76.4 Å². The molecule has 0 aromatic heterocycles. The molecule has 0 heterocycles. The Morgan fingerprint density at radius 2 is 1.77 bits per heavy atom. The van der Waals surface area contributed by atoms with Crippen LogP contribution in [0.25, 0.3) is 6.08 Å². The van der Waals surface area contributed by atoms with Crippen molar-refractivity contribution in [2.75, 3.05) is 0 Å². The molecule has 0 saturated heterocycles. The zero-order chi connectivity index (χ0) is 19.1. The molecule has 0 spiro atoms. The Kier molecular flexibility index (Phi) is 7.20. The normalized spacial score (nSPS) is 13.7. The van der Waals surface area contributed by atoms with Crippen molar-refractivity contribution >= 4 is 12.0 Å². The van der Waals surface area contributed by atoms with Gasteiger partial charge in [-0.3, -0.25) is 0 Å². The number of aromatic carboxylic acids is 1. The van der Waals surface area contributed by atoms with Crippen LogP contribution in [0.2, 0.25) is 0 Å². The summed E-state index contributed by atoms with van der Waals surface area (Å²) in [4.78, 5) is 11.4. The standard InChI is InChI=1S/C24H30O2/c1-5-18(3)21-13-11-20(12-14-21)9-7-6-8-19(4)23-16-17(2)10-15-22(23)24(25)26/h7,9-16,18-19H,5-6,8H2,1-4H3,(H,25,26). The van der Waals surface area contributed by atoms with Crippen molar-refractivity contribution in [2.24, 2.45) is 0 Å². The van der Waals surface area contributed by atoms with E-state index in [1.165, 1.54) is 11.1 Å². The highest BCUT2D eigenvalue weighted by Crippen LogP contribution is 2.26. The van der Waals surface area contributed by atoms with Gasteiger partial charge >= 0.3 is 5.97 Å². The summed E-state index contributed by atoms with van der Waals surface area (Å²) < 4.78 is 0. The Labute approximate surface area is 157 Å². The van der Waals surface area contributed by atoms with E-state index in [1.54, 1.807) is 6.07 Å². The van der Waals surface area contributed by atoms with E-state index in [2.05, 4.69) is 57.2 Å². The number of benzene rings is 2. The van der Waals surface area contributed by atoms with Crippen LogP contribution in [0.4, 0.5) is 0 Å². The van der Waals surface area contributed by atoms with Gasteiger partial charge in [0.05, 0.1) is 5.56 Å². The molecule has 0 aliphatic heterocycles. The van der Waals surface area contributed by atoms with Gasteiger partial charge < -0.3 is 5.11 Å². The number of aryl methyl sites for hydroxylation is 1. The summed E-state index contributed by atoms with van der Waals surface area (Å²) in [6.07, 6.45) is 7.36. The van der Waals surface area contributed by atoms with E-state index in [-0.39, 0.29) is 5.92 Å². The minimum atomic E-state index is -0.844. The molecule has 0 amide bonds. The lowest BCUT2D eigenvalue weighted by Crippen LogP contribution is -2.06. The monoisotopic (exact) mass is 350 g/mol. The van der Waals surface area contributed by atoms with E-state index < -0.39 is 5.97 Å². The van der Waals surface area contributed by atoms with Crippen LogP contribution < -0.4 is 0 Å². The fourth-order valence-corrected chi connectivity index (χ4v) is 3.18. The zero-order valence-corrected chi connectivity index (χ0v) is 16.3. The van der Waals surface area contributed by atoms with Crippen molar-refractivity contribution in [3.63, 3.8) is 0 Å². The Hall–Kier alpha value is -2.35. The van der Waals surface area contributed by atoms with Gasteiger partial charge in [0.2, 0.25) is 0 Å². The molecule has 2 aromatic rings. The molecule has 0 bridgehead atoms. The van der Waals surface area contributed by atoms with Gasteiger partial charge in [0.25, 0.3) is 0 Å². The van der Waals surface area contributed by atoms with Crippen molar-refractivity contribution in [1.82, 2.24) is 0 Å². The summed E-state index contributed by atoms with van der Waals surface area (Å²) in [6.45, 7) is 8.58. The maximum absolute atomic E-state index is 11.4. The first-order valence-electron chi connectivity index (χ1n) is 9.52. The summed E-state index contributed by atoms with van der Waals surface area (Å²) in [6, 6.07) is 14.4. The third kappa shape index (κ3) is 5.32. The second-order valence-electron chi connectivity index (χ2n) is 7.25. The zero-order valence-electron chi connectivity index (χ0n) is 16.3. The molecule has 0 aliphatic rings. The van der Waals surface area contributed by atoms with Crippen LogP contribution in [-0.4, -0.2) is 11.1 Å². The van der Waals surface area contributed by atoms with Crippen LogP contribution in [0.5, 0.6) is 0 Å². The van der Waals surface area contributed by atoms with Crippen LogP contribution >= 0.6 is 0 Å². The van der Waals surface area contributed by atoms with E-state index in [0.717, 1.165) is 30.4 Å². The van der Waals surface area contributed by atoms with Crippen LogP contribution in [0.3, 0.4) is 0 Å². The predicted molar refractivity (Wildman–Crippen MR) is 110 cm³/mol. The smallest absolute Gasteiger partial charge is 0.335 e. The highest BCUT2D eigenvalue weighted by molar-refractivity contribution is 5.89. The Morgan fingerprint density at radius 3 is 2.38 bits per heavy atom. The minimum Gasteiger partial charge on any atom is -0.478 e. The number of hydrogen-bond acceptors (Lipinski definition) is 1. The van der Waals surface area contributed by atoms with E-state index in [4.69, 9.17) is 0 Å². The molecule has 26 heavy (non-hydrogen) atoms. The molecule has 138 valence electrons. The molecule has 0 saturated carbocycles. The first-order valence-corrected chi connectivity index (χ1v) is 9.52. The highest BCUT2D eigenvalue weighted by Gasteiger charge is 2.15. The van der Waals surface area contributed by atoms with Crippen molar-refractivity contribution in [2.45, 2.75) is 58.8 Å². The molecule has 2 atom stereocenters. The molecule has 2 heteroatoms. The Morgan fingerprint density at radius 1 is 1.08 bits per heavy atom. The van der Waals surface area contributed by atoms with E-state index in [9.17, 15) is 9.90 Å². The summed E-state index contributed by atoms with van der Waals surface area (Å²) in [7, 11) is 0. The number of rotatable bonds is 8. The molecular weight excluding hydrogens is 320 g/mol. The third-order valence-electron chi connectivity index (χ3n) is 5.16. The molecular formula is C24H30O2. The summed E-state index contributed by atoms with van der Waals surface area (Å²) in [5.41, 5.74) is 5.07. The highest BCUT2D eigenvalue weighted by atomic mass is 16.4.